The summed E-state index contributed by atoms with van der Waals surface area (Å²) in [6, 6.07) is 5.06. The highest BCUT2D eigenvalue weighted by Crippen LogP contribution is 2.35. The number of aliphatic hydroxyl groups is 1. The second-order valence-electron chi connectivity index (χ2n) is 3.63. The summed E-state index contributed by atoms with van der Waals surface area (Å²) in [6.07, 6.45) is -0.972. The fraction of sp³-hybridized carbons (Fsp3) is 0.167. The van der Waals surface area contributed by atoms with Crippen molar-refractivity contribution in [2.24, 2.45) is 0 Å². The summed E-state index contributed by atoms with van der Waals surface area (Å²) in [5.41, 5.74) is 1.14. The highest BCUT2D eigenvalue weighted by molar-refractivity contribution is 9.10. The first-order valence-corrected chi connectivity index (χ1v) is 6.93. The van der Waals surface area contributed by atoms with E-state index in [1.807, 2.05) is 18.4 Å². The molecular weight excluding hydrogens is 327 g/mol. The minimum Gasteiger partial charge on any atom is -0.383 e. The Labute approximate surface area is 116 Å². The van der Waals surface area contributed by atoms with Crippen LogP contribution in [-0.4, -0.2) is 5.11 Å². The van der Waals surface area contributed by atoms with Crippen LogP contribution in [0.1, 0.15) is 22.1 Å². The van der Waals surface area contributed by atoms with E-state index in [0.29, 0.717) is 4.47 Å². The van der Waals surface area contributed by atoms with Gasteiger partial charge in [0.1, 0.15) is 11.9 Å². The van der Waals surface area contributed by atoms with E-state index in [4.69, 9.17) is 11.6 Å². The van der Waals surface area contributed by atoms with Crippen molar-refractivity contribution in [3.8, 4) is 0 Å². The van der Waals surface area contributed by atoms with Crippen molar-refractivity contribution in [3.63, 3.8) is 0 Å². The van der Waals surface area contributed by atoms with Gasteiger partial charge in [-0.15, -0.1) is 11.3 Å². The van der Waals surface area contributed by atoms with Gasteiger partial charge >= 0.3 is 0 Å². The molecule has 0 fully saturated rings. The lowest BCUT2D eigenvalue weighted by molar-refractivity contribution is 0.218. The molecule has 2 rings (SSSR count). The number of rotatable bonds is 2. The Morgan fingerprint density at radius 2 is 2.12 bits per heavy atom. The molecular formula is C12H9BrClFOS. The topological polar surface area (TPSA) is 20.2 Å². The van der Waals surface area contributed by atoms with Gasteiger partial charge in [0, 0.05) is 14.9 Å². The third-order valence-electron chi connectivity index (χ3n) is 2.51. The standard InChI is InChI=1S/C12H9BrClFOS/c1-6-4-5-17-12(6)11(16)7-2-3-8(13)9(14)10(7)15/h2-5,11,16H,1H3. The largest absolute Gasteiger partial charge is 0.383 e. The van der Waals surface area contributed by atoms with Crippen molar-refractivity contribution in [1.29, 1.82) is 0 Å². The Hall–Kier alpha value is -0.420. The monoisotopic (exact) mass is 334 g/mol. The van der Waals surface area contributed by atoms with Crippen LogP contribution in [0, 0.1) is 12.7 Å². The molecule has 0 bridgehead atoms. The molecule has 17 heavy (non-hydrogen) atoms. The van der Waals surface area contributed by atoms with E-state index in [1.165, 1.54) is 17.4 Å². The van der Waals surface area contributed by atoms with Crippen LogP contribution in [0.3, 0.4) is 0 Å². The van der Waals surface area contributed by atoms with Crippen LogP contribution in [0.2, 0.25) is 5.02 Å². The Kier molecular flexibility index (Phi) is 3.88. The van der Waals surface area contributed by atoms with Crippen molar-refractivity contribution in [3.05, 3.63) is 54.9 Å². The molecule has 2 aromatic rings. The van der Waals surface area contributed by atoms with E-state index in [2.05, 4.69) is 15.9 Å². The molecule has 0 saturated heterocycles. The van der Waals surface area contributed by atoms with Gasteiger partial charge in [0.2, 0.25) is 0 Å². The average molecular weight is 336 g/mol. The van der Waals surface area contributed by atoms with Crippen LogP contribution in [0.25, 0.3) is 0 Å². The lowest BCUT2D eigenvalue weighted by Gasteiger charge is -2.13. The molecule has 0 amide bonds. The first-order chi connectivity index (χ1) is 8.02. The molecule has 0 aliphatic carbocycles. The van der Waals surface area contributed by atoms with Crippen molar-refractivity contribution >= 4 is 38.9 Å². The maximum Gasteiger partial charge on any atom is 0.149 e. The summed E-state index contributed by atoms with van der Waals surface area (Å²) in [5, 5.41) is 12.0. The van der Waals surface area contributed by atoms with Crippen LogP contribution < -0.4 is 0 Å². The summed E-state index contributed by atoms with van der Waals surface area (Å²) < 4.78 is 14.4. The predicted octanol–water partition coefficient (Wildman–Crippen LogP) is 4.69. The van der Waals surface area contributed by atoms with Gasteiger partial charge in [0.15, 0.2) is 0 Å². The summed E-state index contributed by atoms with van der Waals surface area (Å²) >= 11 is 10.3. The van der Waals surface area contributed by atoms with Crippen LogP contribution in [0.4, 0.5) is 4.39 Å². The zero-order valence-corrected chi connectivity index (χ0v) is 12.0. The van der Waals surface area contributed by atoms with Gasteiger partial charge in [-0.2, -0.15) is 0 Å². The van der Waals surface area contributed by atoms with Gasteiger partial charge in [-0.05, 0) is 45.9 Å². The number of benzene rings is 1. The minimum atomic E-state index is -0.972. The lowest BCUT2D eigenvalue weighted by atomic mass is 10.1. The van der Waals surface area contributed by atoms with Gasteiger partial charge in [0.25, 0.3) is 0 Å². The second-order valence-corrected chi connectivity index (χ2v) is 5.81. The summed E-state index contributed by atoms with van der Waals surface area (Å²) in [4.78, 5) is 0.738. The molecule has 1 aromatic carbocycles. The van der Waals surface area contributed by atoms with Gasteiger partial charge < -0.3 is 5.11 Å². The molecule has 0 spiro atoms. The van der Waals surface area contributed by atoms with E-state index >= 15 is 0 Å². The molecule has 1 atom stereocenters. The van der Waals surface area contributed by atoms with Crippen molar-refractivity contribution in [1.82, 2.24) is 0 Å². The molecule has 0 radical (unpaired) electrons. The Balaban J connectivity index is 2.48. The van der Waals surface area contributed by atoms with Gasteiger partial charge in [-0.3, -0.25) is 0 Å². The minimum absolute atomic E-state index is 0.00393. The number of hydrogen-bond donors (Lipinski definition) is 1. The third kappa shape index (κ3) is 2.40. The summed E-state index contributed by atoms with van der Waals surface area (Å²) in [6.45, 7) is 1.88. The Morgan fingerprint density at radius 1 is 1.41 bits per heavy atom. The van der Waals surface area contributed by atoms with Crippen molar-refractivity contribution < 1.29 is 9.50 Å². The van der Waals surface area contributed by atoms with Crippen LogP contribution >= 0.6 is 38.9 Å². The number of halogens is 3. The highest BCUT2D eigenvalue weighted by atomic mass is 79.9. The number of aryl methyl sites for hydroxylation is 1. The lowest BCUT2D eigenvalue weighted by Crippen LogP contribution is -2.02. The molecule has 1 N–H and O–H groups in total. The van der Waals surface area contributed by atoms with Crippen LogP contribution in [0.15, 0.2) is 28.1 Å². The van der Waals surface area contributed by atoms with Crippen LogP contribution in [-0.2, 0) is 0 Å². The van der Waals surface area contributed by atoms with Crippen LogP contribution in [0.5, 0.6) is 0 Å². The van der Waals surface area contributed by atoms with E-state index in [-0.39, 0.29) is 10.6 Å². The first kappa shape index (κ1) is 13.0. The molecule has 90 valence electrons. The van der Waals surface area contributed by atoms with Crippen molar-refractivity contribution in [2.75, 3.05) is 0 Å². The highest BCUT2D eigenvalue weighted by Gasteiger charge is 2.20. The smallest absolute Gasteiger partial charge is 0.149 e. The number of thiophene rings is 1. The van der Waals surface area contributed by atoms with E-state index in [0.717, 1.165) is 10.4 Å². The Bertz CT molecular complexity index is 555. The first-order valence-electron chi connectivity index (χ1n) is 4.88. The van der Waals surface area contributed by atoms with Crippen molar-refractivity contribution in [2.45, 2.75) is 13.0 Å². The molecule has 1 aromatic heterocycles. The van der Waals surface area contributed by atoms with Gasteiger partial charge in [0.05, 0.1) is 5.02 Å². The molecule has 1 nitrogen and oxygen atoms in total. The zero-order valence-electron chi connectivity index (χ0n) is 8.88. The van der Waals surface area contributed by atoms with Gasteiger partial charge in [-0.1, -0.05) is 17.7 Å². The molecule has 0 aliphatic rings. The maximum absolute atomic E-state index is 13.9. The van der Waals surface area contributed by atoms with E-state index in [9.17, 15) is 9.50 Å². The molecule has 1 heterocycles. The van der Waals surface area contributed by atoms with Gasteiger partial charge in [-0.25, -0.2) is 4.39 Å². The Morgan fingerprint density at radius 3 is 2.71 bits per heavy atom. The molecule has 5 heteroatoms. The van der Waals surface area contributed by atoms with E-state index < -0.39 is 11.9 Å². The average Bonchev–Trinajstić information content (AvgIpc) is 2.72. The maximum atomic E-state index is 13.9. The fourth-order valence-electron chi connectivity index (χ4n) is 1.56. The van der Waals surface area contributed by atoms with E-state index in [1.54, 1.807) is 6.07 Å². The SMILES string of the molecule is Cc1ccsc1C(O)c1ccc(Br)c(Cl)c1F. The number of aliphatic hydroxyl groups excluding tert-OH is 1. The normalized spacial score (nSPS) is 12.8. The quantitative estimate of drug-likeness (QED) is 0.789. The zero-order chi connectivity index (χ0) is 12.6. The molecule has 1 unspecified atom stereocenters. The third-order valence-corrected chi connectivity index (χ3v) is 4.84. The summed E-state index contributed by atoms with van der Waals surface area (Å²) in [7, 11) is 0. The number of hydrogen-bond acceptors (Lipinski definition) is 2. The molecule has 0 aliphatic heterocycles. The summed E-state index contributed by atoms with van der Waals surface area (Å²) in [5.74, 6) is -0.582. The second kappa shape index (κ2) is 5.06. The fourth-order valence-corrected chi connectivity index (χ4v) is 2.96. The molecule has 0 saturated carbocycles. The predicted molar refractivity (Wildman–Crippen MR) is 72.2 cm³/mol.